The van der Waals surface area contributed by atoms with E-state index in [4.69, 9.17) is 9.84 Å². The Morgan fingerprint density at radius 3 is 2.42 bits per heavy atom. The molecule has 1 N–H and O–H groups in total. The predicted molar refractivity (Wildman–Crippen MR) is 74.5 cm³/mol. The molecule has 0 unspecified atom stereocenters. The summed E-state index contributed by atoms with van der Waals surface area (Å²) in [5, 5.41) is 8.55. The summed E-state index contributed by atoms with van der Waals surface area (Å²) in [6, 6.07) is 13.8. The van der Waals surface area contributed by atoms with Crippen molar-refractivity contribution in [1.29, 1.82) is 0 Å². The van der Waals surface area contributed by atoms with Crippen LogP contribution in [0.3, 0.4) is 0 Å². The lowest BCUT2D eigenvalue weighted by molar-refractivity contribution is -0.139. The standard InChI is InChI=1S/C16H16O3/c1-11-3-4-12(2)15(9-11)13-5-7-14(8-6-13)19-10-16(17)18/h3-9H,10H2,1-2H3,(H,17,18). The van der Waals surface area contributed by atoms with Crippen molar-refractivity contribution in [1.82, 2.24) is 0 Å². The third-order valence-corrected chi connectivity index (χ3v) is 2.92. The van der Waals surface area contributed by atoms with E-state index in [-0.39, 0.29) is 6.61 Å². The topological polar surface area (TPSA) is 46.5 Å². The maximum Gasteiger partial charge on any atom is 0.341 e. The molecule has 0 aliphatic carbocycles. The van der Waals surface area contributed by atoms with Gasteiger partial charge in [0.15, 0.2) is 6.61 Å². The second-order valence-electron chi connectivity index (χ2n) is 4.53. The number of aliphatic carboxylic acids is 1. The second kappa shape index (κ2) is 5.57. The Balaban J connectivity index is 2.22. The monoisotopic (exact) mass is 256 g/mol. The van der Waals surface area contributed by atoms with Gasteiger partial charge in [0, 0.05) is 0 Å². The van der Waals surface area contributed by atoms with E-state index in [9.17, 15) is 4.79 Å². The van der Waals surface area contributed by atoms with E-state index in [2.05, 4.69) is 32.0 Å². The lowest BCUT2D eigenvalue weighted by Crippen LogP contribution is -2.09. The van der Waals surface area contributed by atoms with Gasteiger partial charge in [0.1, 0.15) is 5.75 Å². The van der Waals surface area contributed by atoms with Gasteiger partial charge in [-0.2, -0.15) is 0 Å². The van der Waals surface area contributed by atoms with Crippen molar-refractivity contribution in [3.63, 3.8) is 0 Å². The van der Waals surface area contributed by atoms with Crippen LogP contribution in [0.4, 0.5) is 0 Å². The molecular weight excluding hydrogens is 240 g/mol. The van der Waals surface area contributed by atoms with Gasteiger partial charge in [-0.15, -0.1) is 0 Å². The molecule has 0 amide bonds. The van der Waals surface area contributed by atoms with Crippen LogP contribution >= 0.6 is 0 Å². The van der Waals surface area contributed by atoms with Crippen LogP contribution in [0.15, 0.2) is 42.5 Å². The Hall–Kier alpha value is -2.29. The van der Waals surface area contributed by atoms with Crippen molar-refractivity contribution < 1.29 is 14.6 Å². The fraction of sp³-hybridized carbons (Fsp3) is 0.188. The number of rotatable bonds is 4. The Kier molecular flexibility index (Phi) is 3.85. The first kappa shape index (κ1) is 13.1. The van der Waals surface area contributed by atoms with Gasteiger partial charge in [-0.3, -0.25) is 0 Å². The maximum absolute atomic E-state index is 10.4. The van der Waals surface area contributed by atoms with Crippen LogP contribution in [0.5, 0.6) is 5.75 Å². The Morgan fingerprint density at radius 1 is 1.11 bits per heavy atom. The molecule has 0 heterocycles. The van der Waals surface area contributed by atoms with E-state index >= 15 is 0 Å². The highest BCUT2D eigenvalue weighted by Gasteiger charge is 2.04. The highest BCUT2D eigenvalue weighted by Crippen LogP contribution is 2.26. The van der Waals surface area contributed by atoms with E-state index in [1.54, 1.807) is 12.1 Å². The molecule has 2 aromatic carbocycles. The molecule has 0 saturated carbocycles. The molecule has 19 heavy (non-hydrogen) atoms. The molecule has 3 heteroatoms. The fourth-order valence-electron chi connectivity index (χ4n) is 1.92. The zero-order valence-electron chi connectivity index (χ0n) is 11.0. The molecule has 0 aliphatic rings. The lowest BCUT2D eigenvalue weighted by atomic mass is 9.98. The molecule has 3 nitrogen and oxygen atoms in total. The van der Waals surface area contributed by atoms with Gasteiger partial charge in [0.05, 0.1) is 0 Å². The smallest absolute Gasteiger partial charge is 0.341 e. The van der Waals surface area contributed by atoms with Crippen molar-refractivity contribution in [2.45, 2.75) is 13.8 Å². The molecule has 2 aromatic rings. The van der Waals surface area contributed by atoms with Crippen LogP contribution in [0.1, 0.15) is 11.1 Å². The molecule has 0 aliphatic heterocycles. The Bertz CT molecular complexity index is 585. The summed E-state index contributed by atoms with van der Waals surface area (Å²) in [7, 11) is 0. The van der Waals surface area contributed by atoms with Crippen LogP contribution in [0, 0.1) is 13.8 Å². The highest BCUT2D eigenvalue weighted by molar-refractivity contribution is 5.69. The first-order chi connectivity index (χ1) is 9.06. The lowest BCUT2D eigenvalue weighted by Gasteiger charge is -2.09. The van der Waals surface area contributed by atoms with Gasteiger partial charge >= 0.3 is 5.97 Å². The fourth-order valence-corrected chi connectivity index (χ4v) is 1.92. The van der Waals surface area contributed by atoms with Crippen molar-refractivity contribution in [3.05, 3.63) is 53.6 Å². The zero-order chi connectivity index (χ0) is 13.8. The molecule has 2 rings (SSSR count). The van der Waals surface area contributed by atoms with Crippen LogP contribution < -0.4 is 4.74 Å². The normalized spacial score (nSPS) is 10.2. The van der Waals surface area contributed by atoms with E-state index in [0.717, 1.165) is 5.56 Å². The van der Waals surface area contributed by atoms with Gasteiger partial charge in [-0.1, -0.05) is 35.9 Å². The van der Waals surface area contributed by atoms with Crippen LogP contribution in [-0.4, -0.2) is 17.7 Å². The summed E-state index contributed by atoms with van der Waals surface area (Å²) in [4.78, 5) is 10.4. The zero-order valence-corrected chi connectivity index (χ0v) is 11.0. The summed E-state index contributed by atoms with van der Waals surface area (Å²) in [6.45, 7) is 3.82. The van der Waals surface area contributed by atoms with Crippen molar-refractivity contribution in [2.75, 3.05) is 6.61 Å². The number of hydrogen-bond donors (Lipinski definition) is 1. The minimum atomic E-state index is -0.974. The van der Waals surface area contributed by atoms with Gasteiger partial charge in [-0.25, -0.2) is 4.79 Å². The number of hydrogen-bond acceptors (Lipinski definition) is 2. The minimum Gasteiger partial charge on any atom is -0.482 e. The van der Waals surface area contributed by atoms with Crippen molar-refractivity contribution >= 4 is 5.97 Å². The third-order valence-electron chi connectivity index (χ3n) is 2.92. The van der Waals surface area contributed by atoms with Crippen molar-refractivity contribution in [3.8, 4) is 16.9 Å². The first-order valence-electron chi connectivity index (χ1n) is 6.08. The van der Waals surface area contributed by atoms with E-state index < -0.39 is 5.97 Å². The van der Waals surface area contributed by atoms with Gasteiger partial charge in [0.2, 0.25) is 0 Å². The SMILES string of the molecule is Cc1ccc(C)c(-c2ccc(OCC(=O)O)cc2)c1. The van der Waals surface area contributed by atoms with Gasteiger partial charge in [0.25, 0.3) is 0 Å². The van der Waals surface area contributed by atoms with Crippen molar-refractivity contribution in [2.24, 2.45) is 0 Å². The number of carboxylic acids is 1. The quantitative estimate of drug-likeness (QED) is 0.911. The van der Waals surface area contributed by atoms with Gasteiger partial charge in [-0.05, 0) is 42.7 Å². The summed E-state index contributed by atoms with van der Waals surface area (Å²) in [5.41, 5.74) is 4.71. The second-order valence-corrected chi connectivity index (χ2v) is 4.53. The molecule has 0 radical (unpaired) electrons. The molecule has 0 spiro atoms. The average molecular weight is 256 g/mol. The highest BCUT2D eigenvalue weighted by atomic mass is 16.5. The summed E-state index contributed by atoms with van der Waals surface area (Å²) < 4.78 is 5.11. The minimum absolute atomic E-state index is 0.317. The first-order valence-corrected chi connectivity index (χ1v) is 6.08. The van der Waals surface area contributed by atoms with E-state index in [0.29, 0.717) is 5.75 Å². The summed E-state index contributed by atoms with van der Waals surface area (Å²) >= 11 is 0. The van der Waals surface area contributed by atoms with Crippen LogP contribution in [-0.2, 0) is 4.79 Å². The van der Waals surface area contributed by atoms with Gasteiger partial charge < -0.3 is 9.84 Å². The predicted octanol–water partition coefficient (Wildman–Crippen LogP) is 3.43. The van der Waals surface area contributed by atoms with E-state index in [1.165, 1.54) is 16.7 Å². The molecule has 0 atom stereocenters. The molecule has 0 aromatic heterocycles. The van der Waals surface area contributed by atoms with Crippen LogP contribution in [0.25, 0.3) is 11.1 Å². The number of aryl methyl sites for hydroxylation is 2. The Morgan fingerprint density at radius 2 is 1.79 bits per heavy atom. The Labute approximate surface area is 112 Å². The number of ether oxygens (including phenoxy) is 1. The molecule has 0 fully saturated rings. The third kappa shape index (κ3) is 3.35. The van der Waals surface area contributed by atoms with E-state index in [1.807, 2.05) is 12.1 Å². The molecule has 0 saturated heterocycles. The maximum atomic E-state index is 10.4. The largest absolute Gasteiger partial charge is 0.482 e. The average Bonchev–Trinajstić information content (AvgIpc) is 2.40. The number of carboxylic acid groups (broad SMARTS) is 1. The summed E-state index contributed by atoms with van der Waals surface area (Å²) in [5.74, 6) is -0.407. The van der Waals surface area contributed by atoms with Crippen LogP contribution in [0.2, 0.25) is 0 Å². The molecule has 98 valence electrons. The number of benzene rings is 2. The number of carbonyl (C=O) groups is 1. The summed E-state index contributed by atoms with van der Waals surface area (Å²) in [6.07, 6.45) is 0. The molecular formula is C16H16O3. The molecule has 0 bridgehead atoms.